The predicted octanol–water partition coefficient (Wildman–Crippen LogP) is 4.52. The van der Waals surface area contributed by atoms with E-state index in [0.29, 0.717) is 36.0 Å². The summed E-state index contributed by atoms with van der Waals surface area (Å²) in [5, 5.41) is 14.0. The topological polar surface area (TPSA) is 132 Å². The first kappa shape index (κ1) is 24.9. The Morgan fingerprint density at radius 2 is 1.95 bits per heavy atom. The van der Waals surface area contributed by atoms with Gasteiger partial charge in [0, 0.05) is 16.8 Å². The summed E-state index contributed by atoms with van der Waals surface area (Å²) in [7, 11) is 0. The van der Waals surface area contributed by atoms with Crippen molar-refractivity contribution in [1.29, 1.82) is 0 Å². The van der Waals surface area contributed by atoms with Crippen molar-refractivity contribution >= 4 is 51.6 Å². The lowest BCUT2D eigenvalue weighted by Gasteiger charge is -2.31. The van der Waals surface area contributed by atoms with Gasteiger partial charge < -0.3 is 25.4 Å². The maximum atomic E-state index is 14.6. The van der Waals surface area contributed by atoms with Crippen LogP contribution >= 0.6 is 0 Å². The number of nitrogens with zero attached hydrogens (tertiary/aromatic N) is 4. The predicted molar refractivity (Wildman–Crippen MR) is 139 cm³/mol. The number of esters is 1. The Hall–Kier alpha value is -4.74. The van der Waals surface area contributed by atoms with Crippen LogP contribution in [0.15, 0.2) is 48.8 Å². The minimum absolute atomic E-state index is 0.0496. The summed E-state index contributed by atoms with van der Waals surface area (Å²) in [6.07, 6.45) is 2.98. The van der Waals surface area contributed by atoms with Crippen LogP contribution in [0.25, 0.3) is 10.9 Å². The number of anilines is 5. The zero-order valence-corrected chi connectivity index (χ0v) is 21.0. The highest BCUT2D eigenvalue weighted by Gasteiger charge is 2.35. The van der Waals surface area contributed by atoms with Crippen LogP contribution in [0.4, 0.5) is 33.2 Å². The highest BCUT2D eigenvalue weighted by Crippen LogP contribution is 2.36. The van der Waals surface area contributed by atoms with Gasteiger partial charge in [-0.25, -0.2) is 9.37 Å². The fraction of sp³-hybridized carbons (Fsp3) is 0.269. The summed E-state index contributed by atoms with van der Waals surface area (Å²) in [6, 6.07) is 10.6. The Labute approximate surface area is 217 Å². The van der Waals surface area contributed by atoms with Crippen molar-refractivity contribution in [1.82, 2.24) is 19.7 Å². The van der Waals surface area contributed by atoms with Crippen LogP contribution < -0.4 is 20.7 Å². The fourth-order valence-corrected chi connectivity index (χ4v) is 3.93. The van der Waals surface area contributed by atoms with Crippen LogP contribution in [0.5, 0.6) is 5.75 Å². The molecule has 3 heterocycles. The molecule has 2 aromatic carbocycles. The van der Waals surface area contributed by atoms with E-state index in [1.54, 1.807) is 49.8 Å². The van der Waals surface area contributed by atoms with Gasteiger partial charge in [-0.05, 0) is 57.2 Å². The van der Waals surface area contributed by atoms with Gasteiger partial charge in [-0.15, -0.1) is 0 Å². The number of hydrogen-bond acceptors (Lipinski definition) is 9. The molecule has 4 aromatic rings. The molecule has 3 N–H and O–H groups in total. The normalized spacial score (nSPS) is 13.8. The average Bonchev–Trinajstić information content (AvgIpc) is 3.28. The summed E-state index contributed by atoms with van der Waals surface area (Å²) in [6.45, 7) is 5.82. The zero-order valence-electron chi connectivity index (χ0n) is 21.0. The second-order valence-electron chi connectivity index (χ2n) is 9.11. The number of nitrogens with one attached hydrogen (secondary N) is 3. The van der Waals surface area contributed by atoms with Gasteiger partial charge in [0.1, 0.15) is 5.75 Å². The van der Waals surface area contributed by atoms with Gasteiger partial charge in [-0.1, -0.05) is 0 Å². The van der Waals surface area contributed by atoms with Crippen molar-refractivity contribution in [3.63, 3.8) is 0 Å². The number of rotatable bonds is 8. The number of hydrogen-bond donors (Lipinski definition) is 3. The largest absolute Gasteiger partial charge is 0.476 e. The van der Waals surface area contributed by atoms with Crippen LogP contribution in [0.2, 0.25) is 0 Å². The third-order valence-electron chi connectivity index (χ3n) is 5.88. The maximum absolute atomic E-state index is 14.6. The van der Waals surface area contributed by atoms with E-state index in [2.05, 4.69) is 31.0 Å². The first-order valence-corrected chi connectivity index (χ1v) is 12.0. The molecule has 0 atom stereocenters. The van der Waals surface area contributed by atoms with E-state index >= 15 is 0 Å². The summed E-state index contributed by atoms with van der Waals surface area (Å²) >= 11 is 0. The lowest BCUT2D eigenvalue weighted by molar-refractivity contribution is -0.143. The molecular formula is C26H26FN7O4. The SMILES string of the molecule is CCOC(=O)CCn1ncc2ccc(Nc3ncc(F)c(Nc4ccc5c(c4)NC(=O)C(C)(C)O5)n3)cc21. The van der Waals surface area contributed by atoms with E-state index in [-0.39, 0.29) is 30.1 Å². The number of ether oxygens (including phenoxy) is 2. The van der Waals surface area contributed by atoms with Gasteiger partial charge in [0.2, 0.25) is 5.95 Å². The summed E-state index contributed by atoms with van der Waals surface area (Å²) in [5.41, 5.74) is 1.45. The van der Waals surface area contributed by atoms with Crippen molar-refractivity contribution in [2.24, 2.45) is 0 Å². The van der Waals surface area contributed by atoms with Crippen LogP contribution in [0.3, 0.4) is 0 Å². The third-order valence-corrected chi connectivity index (χ3v) is 5.88. The van der Waals surface area contributed by atoms with Crippen molar-refractivity contribution in [3.05, 3.63) is 54.6 Å². The molecule has 0 aliphatic carbocycles. The van der Waals surface area contributed by atoms with E-state index < -0.39 is 11.4 Å². The van der Waals surface area contributed by atoms with Crippen molar-refractivity contribution in [3.8, 4) is 5.75 Å². The molecule has 0 bridgehead atoms. The van der Waals surface area contributed by atoms with E-state index in [4.69, 9.17) is 9.47 Å². The number of carbonyl (C=O) groups is 2. The van der Waals surface area contributed by atoms with Gasteiger partial charge in [0.25, 0.3) is 5.91 Å². The molecular weight excluding hydrogens is 493 g/mol. The number of amides is 1. The number of carbonyl (C=O) groups excluding carboxylic acids is 2. The molecule has 5 rings (SSSR count). The van der Waals surface area contributed by atoms with E-state index in [1.807, 2.05) is 18.2 Å². The quantitative estimate of drug-likeness (QED) is 0.288. The molecule has 38 heavy (non-hydrogen) atoms. The van der Waals surface area contributed by atoms with Gasteiger partial charge in [0.05, 0.1) is 43.2 Å². The monoisotopic (exact) mass is 519 g/mol. The number of halogens is 1. The van der Waals surface area contributed by atoms with Gasteiger partial charge >= 0.3 is 5.97 Å². The molecule has 2 aromatic heterocycles. The van der Waals surface area contributed by atoms with Crippen molar-refractivity contribution in [2.75, 3.05) is 22.6 Å². The summed E-state index contributed by atoms with van der Waals surface area (Å²) in [5.74, 6) is -0.581. The number of benzene rings is 2. The molecule has 196 valence electrons. The van der Waals surface area contributed by atoms with Crippen LogP contribution in [0, 0.1) is 5.82 Å². The molecule has 11 nitrogen and oxygen atoms in total. The summed E-state index contributed by atoms with van der Waals surface area (Å²) in [4.78, 5) is 32.3. The molecule has 0 spiro atoms. The van der Waals surface area contributed by atoms with Crippen molar-refractivity contribution in [2.45, 2.75) is 39.3 Å². The summed E-state index contributed by atoms with van der Waals surface area (Å²) < 4.78 is 27.0. The van der Waals surface area contributed by atoms with E-state index in [9.17, 15) is 14.0 Å². The van der Waals surface area contributed by atoms with E-state index in [0.717, 1.165) is 17.1 Å². The first-order valence-electron chi connectivity index (χ1n) is 12.0. The standard InChI is InChI=1S/C26H26FN7O4/c1-4-37-22(35)9-10-34-20-12-17(6-5-15(20)13-29-34)31-25-28-14-18(27)23(33-25)30-16-7-8-21-19(11-16)32-24(36)26(2,3)38-21/h5-8,11-14H,4,9-10H2,1-3H3,(H,32,36)(H2,28,30,31,33). The van der Waals surface area contributed by atoms with Gasteiger partial charge in [-0.2, -0.15) is 10.1 Å². The third kappa shape index (κ3) is 5.19. The second kappa shape index (κ2) is 9.96. The van der Waals surface area contributed by atoms with Gasteiger partial charge in [-0.3, -0.25) is 14.3 Å². The highest BCUT2D eigenvalue weighted by molar-refractivity contribution is 6.00. The molecule has 0 saturated carbocycles. The number of aryl methyl sites for hydroxylation is 1. The molecule has 0 fully saturated rings. The molecule has 0 saturated heterocycles. The maximum Gasteiger partial charge on any atom is 0.307 e. The lowest BCUT2D eigenvalue weighted by Crippen LogP contribution is -2.45. The molecule has 12 heteroatoms. The Balaban J connectivity index is 1.33. The number of fused-ring (bicyclic) bond motifs is 2. The second-order valence-corrected chi connectivity index (χ2v) is 9.11. The van der Waals surface area contributed by atoms with Crippen LogP contribution in [0.1, 0.15) is 27.2 Å². The average molecular weight is 520 g/mol. The molecule has 1 aliphatic heterocycles. The highest BCUT2D eigenvalue weighted by atomic mass is 19.1. The van der Waals surface area contributed by atoms with Crippen molar-refractivity contribution < 1.29 is 23.5 Å². The fourth-order valence-electron chi connectivity index (χ4n) is 3.93. The van der Waals surface area contributed by atoms with Crippen LogP contribution in [-0.2, 0) is 20.9 Å². The Morgan fingerprint density at radius 3 is 2.76 bits per heavy atom. The smallest absolute Gasteiger partial charge is 0.307 e. The number of aromatic nitrogens is 4. The Kier molecular flexibility index (Phi) is 6.53. The van der Waals surface area contributed by atoms with Crippen LogP contribution in [-0.4, -0.2) is 43.8 Å². The minimum atomic E-state index is -0.983. The zero-order chi connectivity index (χ0) is 26.9. The lowest BCUT2D eigenvalue weighted by atomic mass is 10.1. The minimum Gasteiger partial charge on any atom is -0.476 e. The van der Waals surface area contributed by atoms with E-state index in [1.165, 1.54) is 0 Å². The molecule has 1 amide bonds. The first-order chi connectivity index (χ1) is 18.2. The molecule has 0 radical (unpaired) electrons. The molecule has 1 aliphatic rings. The van der Waals surface area contributed by atoms with Gasteiger partial charge in [0.15, 0.2) is 17.2 Å². The Morgan fingerprint density at radius 1 is 1.16 bits per heavy atom. The molecule has 0 unspecified atom stereocenters. The Bertz CT molecular complexity index is 1540.